The number of ether oxygens (including phenoxy) is 1. The Morgan fingerprint density at radius 3 is 2.63 bits per heavy atom. The summed E-state index contributed by atoms with van der Waals surface area (Å²) in [5, 5.41) is 20.1. The molecule has 16 nitrogen and oxygen atoms in total. The monoisotopic (exact) mass is 802 g/mol. The lowest BCUT2D eigenvalue weighted by atomic mass is 10.0. The molecule has 3 aromatic heterocycles. The van der Waals surface area contributed by atoms with Gasteiger partial charge in [0, 0.05) is 84.4 Å². The van der Waals surface area contributed by atoms with Crippen molar-refractivity contribution in [1.29, 1.82) is 0 Å². The average molecular weight is 803 g/mol. The first kappa shape index (κ1) is 39.1. The zero-order valence-electron chi connectivity index (χ0n) is 32.5. The van der Waals surface area contributed by atoms with Gasteiger partial charge in [0.25, 0.3) is 11.8 Å². The molecule has 1 unspecified atom stereocenters. The van der Waals surface area contributed by atoms with Crippen molar-refractivity contribution in [2.24, 2.45) is 0 Å². The molecule has 8 rings (SSSR count). The Kier molecular flexibility index (Phi) is 11.2. The first-order chi connectivity index (χ1) is 28.7. The molecule has 5 aromatic rings. The number of amides is 5. The molecule has 1 fully saturated rings. The number of carbonyl (C=O) groups excluding carboxylic acids is 5. The van der Waals surface area contributed by atoms with Gasteiger partial charge in [-0.05, 0) is 62.9 Å². The third-order valence-electron chi connectivity index (χ3n) is 10.9. The van der Waals surface area contributed by atoms with Crippen LogP contribution in [0.3, 0.4) is 0 Å². The Morgan fingerprint density at radius 2 is 1.80 bits per heavy atom. The predicted octanol–water partition coefficient (Wildman–Crippen LogP) is 4.30. The summed E-state index contributed by atoms with van der Waals surface area (Å²) < 4.78 is 22.0. The quantitative estimate of drug-likeness (QED) is 0.0816. The molecule has 304 valence electrons. The zero-order valence-corrected chi connectivity index (χ0v) is 32.5. The number of fused-ring (bicyclic) bond motifs is 3. The molecule has 0 spiro atoms. The van der Waals surface area contributed by atoms with Gasteiger partial charge in [-0.3, -0.25) is 43.6 Å². The Labute approximate surface area is 338 Å². The number of hydrogen-bond acceptors (Lipinski definition) is 12. The summed E-state index contributed by atoms with van der Waals surface area (Å²) in [7, 11) is 0. The van der Waals surface area contributed by atoms with Crippen molar-refractivity contribution in [2.45, 2.75) is 77.3 Å². The number of pyridine rings is 1. The van der Waals surface area contributed by atoms with Crippen molar-refractivity contribution >= 4 is 46.8 Å². The van der Waals surface area contributed by atoms with E-state index in [1.807, 2.05) is 19.1 Å². The summed E-state index contributed by atoms with van der Waals surface area (Å²) in [5.74, 6) is -1.29. The second-order valence-electron chi connectivity index (χ2n) is 14.8. The van der Waals surface area contributed by atoms with Gasteiger partial charge >= 0.3 is 0 Å². The number of piperidine rings is 1. The number of imide groups is 2. The minimum atomic E-state index is -1.01. The fraction of sp³-hybridized carbons (Fsp3) is 0.357. The van der Waals surface area contributed by atoms with Crippen LogP contribution in [0.15, 0.2) is 55.0 Å². The fourth-order valence-corrected chi connectivity index (χ4v) is 7.90. The van der Waals surface area contributed by atoms with Gasteiger partial charge in [-0.25, -0.2) is 9.37 Å². The first-order valence-corrected chi connectivity index (χ1v) is 19.9. The molecule has 17 heteroatoms. The summed E-state index contributed by atoms with van der Waals surface area (Å²) in [6, 6.07) is 10.9. The SMILES string of the molecule is Cc1nc(CCC(=O)NCCCCCCNc2cccc3c2C(=O)N(C2CCC(=O)NC2=O)C3=O)ccc1-c1cnc(NCc2c(F)ccc3c2CCO3)n2cnnc12. The number of benzene rings is 2. The minimum absolute atomic E-state index is 0.0518. The van der Waals surface area contributed by atoms with Crippen LogP contribution in [0.25, 0.3) is 16.8 Å². The second kappa shape index (κ2) is 17.0. The molecule has 1 saturated heterocycles. The highest BCUT2D eigenvalue weighted by Gasteiger charge is 2.45. The van der Waals surface area contributed by atoms with E-state index < -0.39 is 29.7 Å². The van der Waals surface area contributed by atoms with Gasteiger partial charge in [-0.15, -0.1) is 10.2 Å². The van der Waals surface area contributed by atoms with E-state index in [-0.39, 0.29) is 42.2 Å². The standard InChI is InChI=1S/C42H43FN10O6/c1-24-26(30-22-47-42(52-23-48-51-38(30)52)46-21-29-27-17-20-59-34(27)14-12-31(29)43)11-9-25(49-24)10-15-35(54)45-19-5-3-2-4-18-44-32-8-6-7-28-37(32)41(58)53(40(28)57)33-13-16-36(55)50-39(33)56/h6-9,11-12,14,22-23,33,44H,2-5,10,13,15-21H2,1H3,(H,45,54)(H,46,47)(H,50,55,56). The summed E-state index contributed by atoms with van der Waals surface area (Å²) in [6.45, 7) is 3.79. The lowest BCUT2D eigenvalue weighted by molar-refractivity contribution is -0.136. The molecular weight excluding hydrogens is 760 g/mol. The molecule has 1 atom stereocenters. The van der Waals surface area contributed by atoms with Crippen molar-refractivity contribution in [2.75, 3.05) is 30.3 Å². The molecule has 0 aliphatic carbocycles. The number of nitrogens with zero attached hydrogens (tertiary/aromatic N) is 6. The molecule has 59 heavy (non-hydrogen) atoms. The number of carbonyl (C=O) groups is 5. The molecule has 0 bridgehead atoms. The van der Waals surface area contributed by atoms with Crippen molar-refractivity contribution in [3.8, 4) is 16.9 Å². The average Bonchev–Trinajstić information content (AvgIpc) is 3.97. The van der Waals surface area contributed by atoms with E-state index in [1.165, 1.54) is 6.07 Å². The maximum Gasteiger partial charge on any atom is 0.264 e. The maximum absolute atomic E-state index is 14.7. The highest BCUT2D eigenvalue weighted by molar-refractivity contribution is 6.25. The smallest absolute Gasteiger partial charge is 0.264 e. The van der Waals surface area contributed by atoms with Crippen LogP contribution >= 0.6 is 0 Å². The van der Waals surface area contributed by atoms with Gasteiger partial charge in [-0.1, -0.05) is 25.0 Å². The van der Waals surface area contributed by atoms with E-state index in [1.54, 1.807) is 41.2 Å². The fourth-order valence-electron chi connectivity index (χ4n) is 7.90. The molecule has 0 saturated carbocycles. The maximum atomic E-state index is 14.7. The lowest BCUT2D eigenvalue weighted by Crippen LogP contribution is -2.54. The van der Waals surface area contributed by atoms with E-state index in [9.17, 15) is 28.4 Å². The lowest BCUT2D eigenvalue weighted by Gasteiger charge is -2.27. The summed E-state index contributed by atoms with van der Waals surface area (Å²) >= 11 is 0. The number of aromatic nitrogens is 5. The second-order valence-corrected chi connectivity index (χ2v) is 14.8. The van der Waals surface area contributed by atoms with Gasteiger partial charge in [0.2, 0.25) is 23.7 Å². The number of halogens is 1. The van der Waals surface area contributed by atoms with Gasteiger partial charge in [0.05, 0.1) is 17.7 Å². The molecule has 5 amide bonds. The van der Waals surface area contributed by atoms with Crippen LogP contribution in [0.5, 0.6) is 5.75 Å². The Balaban J connectivity index is 0.759. The number of nitrogens with one attached hydrogen (secondary N) is 4. The minimum Gasteiger partial charge on any atom is -0.493 e. The molecule has 6 heterocycles. The number of aryl methyl sites for hydroxylation is 2. The molecule has 3 aliphatic rings. The largest absolute Gasteiger partial charge is 0.493 e. The van der Waals surface area contributed by atoms with Gasteiger partial charge < -0.3 is 20.7 Å². The summed E-state index contributed by atoms with van der Waals surface area (Å²) in [6.07, 6.45) is 8.27. The Bertz CT molecular complexity index is 2490. The Hall–Kier alpha value is -6.78. The van der Waals surface area contributed by atoms with Crippen LogP contribution in [0.4, 0.5) is 16.0 Å². The van der Waals surface area contributed by atoms with Crippen molar-refractivity contribution in [3.05, 3.63) is 94.4 Å². The highest BCUT2D eigenvalue weighted by Crippen LogP contribution is 2.34. The van der Waals surface area contributed by atoms with Crippen LogP contribution in [-0.2, 0) is 33.8 Å². The third kappa shape index (κ3) is 8.04. The van der Waals surface area contributed by atoms with Gasteiger partial charge in [-0.2, -0.15) is 0 Å². The number of hydrogen-bond donors (Lipinski definition) is 4. The summed E-state index contributed by atoms with van der Waals surface area (Å²) in [4.78, 5) is 73.3. The van der Waals surface area contributed by atoms with E-state index in [4.69, 9.17) is 9.72 Å². The van der Waals surface area contributed by atoms with Crippen molar-refractivity contribution in [1.82, 2.24) is 40.1 Å². The number of unbranched alkanes of at least 4 members (excludes halogenated alkanes) is 3. The number of rotatable bonds is 16. The van der Waals surface area contributed by atoms with Gasteiger partial charge in [0.15, 0.2) is 5.65 Å². The van der Waals surface area contributed by atoms with Crippen molar-refractivity contribution < 1.29 is 33.1 Å². The zero-order chi connectivity index (χ0) is 41.0. The van der Waals surface area contributed by atoms with Crippen LogP contribution < -0.4 is 26.0 Å². The molecule has 0 radical (unpaired) electrons. The Morgan fingerprint density at radius 1 is 0.949 bits per heavy atom. The molecule has 4 N–H and O–H groups in total. The predicted molar refractivity (Wildman–Crippen MR) is 213 cm³/mol. The van der Waals surface area contributed by atoms with Crippen LogP contribution in [0.2, 0.25) is 0 Å². The number of anilines is 2. The normalized spacial score (nSPS) is 15.9. The summed E-state index contributed by atoms with van der Waals surface area (Å²) in [5.41, 5.74) is 6.14. The van der Waals surface area contributed by atoms with E-state index in [2.05, 4.69) is 36.4 Å². The molecule has 2 aromatic carbocycles. The first-order valence-electron chi connectivity index (χ1n) is 19.9. The van der Waals surface area contributed by atoms with Crippen LogP contribution in [0.1, 0.15) is 88.2 Å². The highest BCUT2D eigenvalue weighted by atomic mass is 19.1. The van der Waals surface area contributed by atoms with Crippen molar-refractivity contribution in [3.63, 3.8) is 0 Å². The third-order valence-corrected chi connectivity index (χ3v) is 10.9. The molecular formula is C42H43FN10O6. The topological polar surface area (TPSA) is 202 Å². The molecule has 3 aliphatic heterocycles. The van der Waals surface area contributed by atoms with Crippen LogP contribution in [-0.4, -0.2) is 84.7 Å². The van der Waals surface area contributed by atoms with Crippen LogP contribution in [0, 0.1) is 12.7 Å². The van der Waals surface area contributed by atoms with Gasteiger partial charge in [0.1, 0.15) is 23.9 Å². The van der Waals surface area contributed by atoms with E-state index in [0.717, 1.165) is 58.7 Å². The van der Waals surface area contributed by atoms with E-state index >= 15 is 0 Å². The van der Waals surface area contributed by atoms with E-state index in [0.29, 0.717) is 67.6 Å².